The number of pyridine rings is 1. The molecule has 1 heterocycles. The van der Waals surface area contributed by atoms with Crippen LogP contribution in [-0.2, 0) is 19.6 Å². The molecule has 1 aromatic rings. The van der Waals surface area contributed by atoms with Gasteiger partial charge in [-0.05, 0) is 17.5 Å². The van der Waals surface area contributed by atoms with Crippen molar-refractivity contribution in [2.24, 2.45) is 5.41 Å². The van der Waals surface area contributed by atoms with Gasteiger partial charge in [0.25, 0.3) is 0 Å². The minimum atomic E-state index is -3.89. The highest BCUT2D eigenvalue weighted by molar-refractivity contribution is 7.89. The maximum Gasteiger partial charge on any atom is 0.324 e. The lowest BCUT2D eigenvalue weighted by molar-refractivity contribution is -0.145. The number of carbonyl (C=O) groups excluding carboxylic acids is 1. The van der Waals surface area contributed by atoms with Crippen molar-refractivity contribution in [2.75, 3.05) is 7.11 Å². The molecule has 0 saturated carbocycles. The molecule has 0 aliphatic carbocycles. The third-order valence-corrected chi connectivity index (χ3v) is 4.22. The van der Waals surface area contributed by atoms with Crippen molar-refractivity contribution in [3.05, 3.63) is 23.5 Å². The molecule has 1 aromatic heterocycles. The van der Waals surface area contributed by atoms with Crippen LogP contribution in [-0.4, -0.2) is 32.5 Å². The molecule has 0 fully saturated rings. The van der Waals surface area contributed by atoms with Crippen LogP contribution in [0.25, 0.3) is 0 Å². The standard InChI is InChI=1S/C12H17ClN2O4S/c1-12(2,3)10(11(16)19-4)15-20(17,18)8-5-6-9(13)14-7-8/h5-7,10,15H,1-4H3. The van der Waals surface area contributed by atoms with E-state index in [1.165, 1.54) is 19.2 Å². The van der Waals surface area contributed by atoms with Crippen molar-refractivity contribution in [3.63, 3.8) is 0 Å². The summed E-state index contributed by atoms with van der Waals surface area (Å²) < 4.78 is 31.4. The van der Waals surface area contributed by atoms with Crippen LogP contribution in [0.4, 0.5) is 0 Å². The SMILES string of the molecule is COC(=O)C(NS(=O)(=O)c1ccc(Cl)nc1)C(C)(C)C. The highest BCUT2D eigenvalue weighted by Crippen LogP contribution is 2.22. The van der Waals surface area contributed by atoms with Crippen LogP contribution in [0.5, 0.6) is 0 Å². The van der Waals surface area contributed by atoms with Gasteiger partial charge in [0.1, 0.15) is 16.1 Å². The molecule has 0 radical (unpaired) electrons. The Bertz CT molecular complexity index is 578. The van der Waals surface area contributed by atoms with Crippen LogP contribution in [0.1, 0.15) is 20.8 Å². The molecule has 0 amide bonds. The molecular weight excluding hydrogens is 304 g/mol. The van der Waals surface area contributed by atoms with E-state index < -0.39 is 27.4 Å². The molecule has 0 saturated heterocycles. The van der Waals surface area contributed by atoms with Gasteiger partial charge >= 0.3 is 5.97 Å². The van der Waals surface area contributed by atoms with Crippen LogP contribution in [0, 0.1) is 5.41 Å². The number of hydrogen-bond donors (Lipinski definition) is 1. The Morgan fingerprint density at radius 3 is 2.40 bits per heavy atom. The Morgan fingerprint density at radius 1 is 1.40 bits per heavy atom. The number of nitrogens with one attached hydrogen (secondary N) is 1. The number of hydrogen-bond acceptors (Lipinski definition) is 5. The van der Waals surface area contributed by atoms with Crippen molar-refractivity contribution in [3.8, 4) is 0 Å². The normalized spacial score (nSPS) is 13.8. The number of carbonyl (C=O) groups is 1. The largest absolute Gasteiger partial charge is 0.468 e. The fourth-order valence-electron chi connectivity index (χ4n) is 1.44. The smallest absolute Gasteiger partial charge is 0.324 e. The van der Waals surface area contributed by atoms with Crippen LogP contribution < -0.4 is 4.72 Å². The fraction of sp³-hybridized carbons (Fsp3) is 0.500. The van der Waals surface area contributed by atoms with Crippen molar-refractivity contribution < 1.29 is 17.9 Å². The zero-order valence-corrected chi connectivity index (χ0v) is 13.2. The summed E-state index contributed by atoms with van der Waals surface area (Å²) in [6.45, 7) is 5.20. The lowest BCUT2D eigenvalue weighted by Crippen LogP contribution is -2.49. The molecular formula is C12H17ClN2O4S. The van der Waals surface area contributed by atoms with Gasteiger partial charge in [-0.3, -0.25) is 4.79 Å². The number of ether oxygens (including phenoxy) is 1. The van der Waals surface area contributed by atoms with Gasteiger partial charge in [-0.1, -0.05) is 32.4 Å². The van der Waals surface area contributed by atoms with Crippen molar-refractivity contribution >= 4 is 27.6 Å². The van der Waals surface area contributed by atoms with E-state index >= 15 is 0 Å². The van der Waals surface area contributed by atoms with Crippen LogP contribution in [0.3, 0.4) is 0 Å². The second kappa shape index (κ2) is 6.07. The minimum absolute atomic E-state index is 0.0694. The third-order valence-electron chi connectivity index (χ3n) is 2.59. The van der Waals surface area contributed by atoms with Gasteiger partial charge in [0, 0.05) is 6.20 Å². The number of esters is 1. The molecule has 1 atom stereocenters. The fourth-order valence-corrected chi connectivity index (χ4v) is 2.89. The second-order valence-electron chi connectivity index (χ2n) is 5.26. The topological polar surface area (TPSA) is 85.4 Å². The highest BCUT2D eigenvalue weighted by atomic mass is 35.5. The first-order valence-electron chi connectivity index (χ1n) is 5.79. The van der Waals surface area contributed by atoms with Crippen LogP contribution in [0.15, 0.2) is 23.2 Å². The monoisotopic (exact) mass is 320 g/mol. The molecule has 0 aromatic carbocycles. The number of rotatable bonds is 4. The summed E-state index contributed by atoms with van der Waals surface area (Å²) in [4.78, 5) is 15.4. The van der Waals surface area contributed by atoms with E-state index in [-0.39, 0.29) is 10.0 Å². The molecule has 0 aliphatic rings. The Balaban J connectivity index is 3.09. The average molecular weight is 321 g/mol. The molecule has 0 bridgehead atoms. The van der Waals surface area contributed by atoms with Crippen molar-refractivity contribution in [1.29, 1.82) is 0 Å². The number of aromatic nitrogens is 1. The lowest BCUT2D eigenvalue weighted by Gasteiger charge is -2.28. The Labute approximate surface area is 123 Å². The second-order valence-corrected chi connectivity index (χ2v) is 7.36. The lowest BCUT2D eigenvalue weighted by atomic mass is 9.87. The summed E-state index contributed by atoms with van der Waals surface area (Å²) in [5, 5.41) is 0.185. The van der Waals surface area contributed by atoms with Crippen LogP contribution >= 0.6 is 11.6 Å². The van der Waals surface area contributed by atoms with Crippen molar-refractivity contribution in [2.45, 2.75) is 31.7 Å². The Hall–Kier alpha value is -1.18. The third kappa shape index (κ3) is 4.16. The van der Waals surface area contributed by atoms with Gasteiger partial charge < -0.3 is 4.74 Å². The molecule has 0 aliphatic heterocycles. The zero-order valence-electron chi connectivity index (χ0n) is 11.7. The van der Waals surface area contributed by atoms with Gasteiger partial charge in [-0.25, -0.2) is 13.4 Å². The van der Waals surface area contributed by atoms with E-state index in [2.05, 4.69) is 14.4 Å². The van der Waals surface area contributed by atoms with Gasteiger partial charge in [-0.15, -0.1) is 0 Å². The van der Waals surface area contributed by atoms with E-state index in [4.69, 9.17) is 11.6 Å². The van der Waals surface area contributed by atoms with Gasteiger partial charge in [0.2, 0.25) is 10.0 Å². The average Bonchev–Trinajstić information content (AvgIpc) is 2.34. The van der Waals surface area contributed by atoms with E-state index in [0.29, 0.717) is 0 Å². The molecule has 20 heavy (non-hydrogen) atoms. The molecule has 0 spiro atoms. The number of nitrogens with zero attached hydrogens (tertiary/aromatic N) is 1. The minimum Gasteiger partial charge on any atom is -0.468 e. The summed E-state index contributed by atoms with van der Waals surface area (Å²) in [5.74, 6) is -0.650. The summed E-state index contributed by atoms with van der Waals surface area (Å²) in [6, 6.07) is 1.67. The first kappa shape index (κ1) is 16.9. The number of halogens is 1. The number of methoxy groups -OCH3 is 1. The maximum atomic E-state index is 12.2. The summed E-state index contributed by atoms with van der Waals surface area (Å²) in [7, 11) is -2.68. The highest BCUT2D eigenvalue weighted by Gasteiger charge is 2.36. The Kier molecular flexibility index (Phi) is 5.12. The summed E-state index contributed by atoms with van der Waals surface area (Å²) in [5.41, 5.74) is -0.639. The predicted octanol–water partition coefficient (Wildman–Crippen LogP) is 1.60. The molecule has 1 unspecified atom stereocenters. The maximum absolute atomic E-state index is 12.2. The quantitative estimate of drug-likeness (QED) is 0.672. The Morgan fingerprint density at radius 2 is 2.00 bits per heavy atom. The molecule has 6 nitrogen and oxygen atoms in total. The molecule has 112 valence electrons. The summed E-state index contributed by atoms with van der Waals surface area (Å²) >= 11 is 5.61. The predicted molar refractivity (Wildman–Crippen MR) is 74.8 cm³/mol. The van der Waals surface area contributed by atoms with E-state index in [0.717, 1.165) is 6.20 Å². The zero-order chi connectivity index (χ0) is 15.6. The van der Waals surface area contributed by atoms with E-state index in [1.54, 1.807) is 20.8 Å². The summed E-state index contributed by atoms with van der Waals surface area (Å²) in [6.07, 6.45) is 1.13. The van der Waals surface area contributed by atoms with Gasteiger partial charge in [-0.2, -0.15) is 4.72 Å². The van der Waals surface area contributed by atoms with Gasteiger partial charge in [0.05, 0.1) is 7.11 Å². The van der Waals surface area contributed by atoms with Crippen molar-refractivity contribution in [1.82, 2.24) is 9.71 Å². The molecule has 1 rings (SSSR count). The first-order chi connectivity index (χ1) is 9.08. The van der Waals surface area contributed by atoms with E-state index in [9.17, 15) is 13.2 Å². The number of sulfonamides is 1. The van der Waals surface area contributed by atoms with Gasteiger partial charge in [0.15, 0.2) is 0 Å². The molecule has 1 N–H and O–H groups in total. The van der Waals surface area contributed by atoms with Crippen LogP contribution in [0.2, 0.25) is 5.15 Å². The van der Waals surface area contributed by atoms with E-state index in [1.807, 2.05) is 0 Å². The molecule has 8 heteroatoms. The first-order valence-corrected chi connectivity index (χ1v) is 7.66.